The van der Waals surface area contributed by atoms with Crippen molar-refractivity contribution in [2.24, 2.45) is 0 Å². The van der Waals surface area contributed by atoms with Gasteiger partial charge in [-0.2, -0.15) is 0 Å². The predicted molar refractivity (Wildman–Crippen MR) is 91.4 cm³/mol. The average molecular weight is 398 g/mol. The lowest BCUT2D eigenvalue weighted by Gasteiger charge is -2.10. The first-order valence-corrected chi connectivity index (χ1v) is 7.86. The first kappa shape index (κ1) is 17.3. The molecule has 0 atom stereocenters. The summed E-state index contributed by atoms with van der Waals surface area (Å²) in [5, 5.41) is 0.385. The van der Waals surface area contributed by atoms with E-state index >= 15 is 0 Å². The quantitative estimate of drug-likeness (QED) is 0.778. The number of hydrogen-bond donors (Lipinski definition) is 2. The Hall–Kier alpha value is -2.05. The molecule has 2 aromatic rings. The monoisotopic (exact) mass is 396 g/mol. The van der Waals surface area contributed by atoms with Crippen molar-refractivity contribution in [3.8, 4) is 5.75 Å². The fourth-order valence-corrected chi connectivity index (χ4v) is 2.48. The van der Waals surface area contributed by atoms with Crippen LogP contribution in [-0.2, 0) is 4.79 Å². The molecule has 120 valence electrons. The molecule has 0 saturated carbocycles. The summed E-state index contributed by atoms with van der Waals surface area (Å²) in [5.41, 5.74) is 6.03. The van der Waals surface area contributed by atoms with E-state index in [2.05, 4.69) is 26.8 Å². The van der Waals surface area contributed by atoms with E-state index in [1.54, 1.807) is 36.4 Å². The van der Waals surface area contributed by atoms with Crippen LogP contribution in [0, 0.1) is 6.92 Å². The number of rotatable bonds is 4. The minimum Gasteiger partial charge on any atom is -0.482 e. The molecule has 2 amide bonds. The highest BCUT2D eigenvalue weighted by Gasteiger charge is 2.09. The third kappa shape index (κ3) is 5.26. The summed E-state index contributed by atoms with van der Waals surface area (Å²) in [4.78, 5) is 23.6. The van der Waals surface area contributed by atoms with E-state index in [4.69, 9.17) is 16.3 Å². The van der Waals surface area contributed by atoms with Crippen molar-refractivity contribution in [3.63, 3.8) is 0 Å². The summed E-state index contributed by atoms with van der Waals surface area (Å²) in [5.74, 6) is -0.510. The zero-order valence-corrected chi connectivity index (χ0v) is 14.6. The topological polar surface area (TPSA) is 67.4 Å². The zero-order chi connectivity index (χ0) is 16.8. The van der Waals surface area contributed by atoms with E-state index in [9.17, 15) is 9.59 Å². The summed E-state index contributed by atoms with van der Waals surface area (Å²) >= 11 is 9.26. The molecule has 0 radical (unpaired) electrons. The molecule has 2 rings (SSSR count). The van der Waals surface area contributed by atoms with Gasteiger partial charge in [0.1, 0.15) is 5.75 Å². The molecule has 2 aromatic carbocycles. The maximum atomic E-state index is 11.9. The summed E-state index contributed by atoms with van der Waals surface area (Å²) in [7, 11) is 0. The number of amides is 2. The number of carbonyl (C=O) groups excluding carboxylic acids is 2. The number of ether oxygens (including phenoxy) is 1. The molecule has 0 fully saturated rings. The van der Waals surface area contributed by atoms with Gasteiger partial charge in [0, 0.05) is 10.0 Å². The fourth-order valence-electron chi connectivity index (χ4n) is 1.76. The molecule has 0 aliphatic heterocycles. The standard InChI is InChI=1S/C16H14BrClN2O3/c1-10-3-2-4-11(7-10)16(22)20-19-15(21)9-23-14-6-5-12(17)8-13(14)18/h2-8H,9H2,1H3,(H,19,21)(H,20,22). The molecule has 0 aliphatic rings. The number of benzene rings is 2. The molecular weight excluding hydrogens is 384 g/mol. The molecule has 2 N–H and O–H groups in total. The highest BCUT2D eigenvalue weighted by atomic mass is 79.9. The van der Waals surface area contributed by atoms with Crippen LogP contribution in [0.25, 0.3) is 0 Å². The highest BCUT2D eigenvalue weighted by Crippen LogP contribution is 2.27. The van der Waals surface area contributed by atoms with Gasteiger partial charge in [0.25, 0.3) is 11.8 Å². The first-order valence-electron chi connectivity index (χ1n) is 6.69. The van der Waals surface area contributed by atoms with E-state index < -0.39 is 11.8 Å². The minimum atomic E-state index is -0.495. The molecule has 23 heavy (non-hydrogen) atoms. The van der Waals surface area contributed by atoms with E-state index in [1.165, 1.54) is 0 Å². The summed E-state index contributed by atoms with van der Waals surface area (Å²) in [6.07, 6.45) is 0. The lowest BCUT2D eigenvalue weighted by molar-refractivity contribution is -0.123. The highest BCUT2D eigenvalue weighted by molar-refractivity contribution is 9.10. The maximum Gasteiger partial charge on any atom is 0.276 e. The minimum absolute atomic E-state index is 0.268. The Labute approximate surface area is 147 Å². The van der Waals surface area contributed by atoms with Crippen molar-refractivity contribution < 1.29 is 14.3 Å². The first-order chi connectivity index (χ1) is 11.0. The summed E-state index contributed by atoms with van der Waals surface area (Å²) < 4.78 is 6.10. The summed E-state index contributed by atoms with van der Waals surface area (Å²) in [6.45, 7) is 1.61. The predicted octanol–water partition coefficient (Wildman–Crippen LogP) is 3.25. The number of nitrogens with one attached hydrogen (secondary N) is 2. The van der Waals surface area contributed by atoms with Crippen molar-refractivity contribution in [2.45, 2.75) is 6.92 Å². The van der Waals surface area contributed by atoms with Gasteiger partial charge in [0.15, 0.2) is 6.61 Å². The smallest absolute Gasteiger partial charge is 0.276 e. The van der Waals surface area contributed by atoms with Crippen LogP contribution in [0.1, 0.15) is 15.9 Å². The number of aryl methyl sites for hydroxylation is 1. The Morgan fingerprint density at radius 1 is 1.17 bits per heavy atom. The van der Waals surface area contributed by atoms with Gasteiger partial charge >= 0.3 is 0 Å². The van der Waals surface area contributed by atoms with Crippen LogP contribution in [0.3, 0.4) is 0 Å². The number of carbonyl (C=O) groups is 2. The van der Waals surface area contributed by atoms with Crippen LogP contribution in [0.2, 0.25) is 5.02 Å². The largest absolute Gasteiger partial charge is 0.482 e. The normalized spacial score (nSPS) is 10.0. The van der Waals surface area contributed by atoms with E-state index in [1.807, 2.05) is 13.0 Å². The lowest BCUT2D eigenvalue weighted by Crippen LogP contribution is -2.43. The van der Waals surface area contributed by atoms with E-state index in [0.29, 0.717) is 16.3 Å². The molecule has 0 aliphatic carbocycles. The molecule has 5 nitrogen and oxygen atoms in total. The molecule has 0 bridgehead atoms. The second kappa shape index (κ2) is 7.99. The molecule has 0 unspecified atom stereocenters. The van der Waals surface area contributed by atoms with E-state index in [-0.39, 0.29) is 6.61 Å². The second-order valence-electron chi connectivity index (χ2n) is 4.74. The van der Waals surface area contributed by atoms with Gasteiger partial charge in [0.05, 0.1) is 5.02 Å². The molecule has 7 heteroatoms. The molecule has 0 aromatic heterocycles. The number of hydrazine groups is 1. The van der Waals surface area contributed by atoms with Gasteiger partial charge in [-0.25, -0.2) is 0 Å². The fraction of sp³-hybridized carbons (Fsp3) is 0.125. The molecule has 0 spiro atoms. The molecular formula is C16H14BrClN2O3. The Morgan fingerprint density at radius 3 is 2.65 bits per heavy atom. The van der Waals surface area contributed by atoms with Gasteiger partial charge < -0.3 is 4.74 Å². The van der Waals surface area contributed by atoms with Gasteiger partial charge in [0.2, 0.25) is 0 Å². The SMILES string of the molecule is Cc1cccc(C(=O)NNC(=O)COc2ccc(Br)cc2Cl)c1. The van der Waals surface area contributed by atoms with E-state index in [0.717, 1.165) is 10.0 Å². The lowest BCUT2D eigenvalue weighted by atomic mass is 10.1. The van der Waals surface area contributed by atoms with Crippen molar-refractivity contribution in [3.05, 3.63) is 63.1 Å². The third-order valence-corrected chi connectivity index (χ3v) is 3.64. The van der Waals surface area contributed by atoms with Gasteiger partial charge in [-0.05, 0) is 37.3 Å². The van der Waals surface area contributed by atoms with Crippen molar-refractivity contribution >= 4 is 39.3 Å². The van der Waals surface area contributed by atoms with Crippen molar-refractivity contribution in [1.82, 2.24) is 10.9 Å². The van der Waals surface area contributed by atoms with Gasteiger partial charge in [-0.3, -0.25) is 20.4 Å². The van der Waals surface area contributed by atoms with Crippen LogP contribution in [-0.4, -0.2) is 18.4 Å². The maximum absolute atomic E-state index is 11.9. The van der Waals surface area contributed by atoms with Crippen LogP contribution in [0.5, 0.6) is 5.75 Å². The van der Waals surface area contributed by atoms with Gasteiger partial charge in [-0.15, -0.1) is 0 Å². The third-order valence-electron chi connectivity index (χ3n) is 2.85. The van der Waals surface area contributed by atoms with Crippen molar-refractivity contribution in [2.75, 3.05) is 6.61 Å². The number of halogens is 2. The average Bonchev–Trinajstić information content (AvgIpc) is 2.51. The Bertz CT molecular complexity index is 737. The Morgan fingerprint density at radius 2 is 1.96 bits per heavy atom. The Kier molecular flexibility index (Phi) is 6.01. The number of hydrogen-bond acceptors (Lipinski definition) is 3. The van der Waals surface area contributed by atoms with Crippen molar-refractivity contribution in [1.29, 1.82) is 0 Å². The van der Waals surface area contributed by atoms with Crippen LogP contribution < -0.4 is 15.6 Å². The van der Waals surface area contributed by atoms with Crippen LogP contribution in [0.15, 0.2) is 46.9 Å². The van der Waals surface area contributed by atoms with Crippen LogP contribution >= 0.6 is 27.5 Å². The summed E-state index contributed by atoms with van der Waals surface area (Å²) in [6, 6.07) is 12.1. The van der Waals surface area contributed by atoms with Crippen LogP contribution in [0.4, 0.5) is 0 Å². The van der Waals surface area contributed by atoms with Gasteiger partial charge in [-0.1, -0.05) is 45.2 Å². The molecule has 0 saturated heterocycles. The zero-order valence-electron chi connectivity index (χ0n) is 12.2. The second-order valence-corrected chi connectivity index (χ2v) is 6.06. The molecule has 0 heterocycles. The Balaban J connectivity index is 1.82.